The Morgan fingerprint density at radius 2 is 2.27 bits per heavy atom. The summed E-state index contributed by atoms with van der Waals surface area (Å²) in [5, 5.41) is 12.6. The molecule has 4 heteroatoms. The van der Waals surface area contributed by atoms with Gasteiger partial charge in [0, 0.05) is 24.2 Å². The maximum atomic E-state index is 9.35. The molecule has 1 heterocycles. The summed E-state index contributed by atoms with van der Waals surface area (Å²) in [7, 11) is 1.86. The Morgan fingerprint density at radius 1 is 1.53 bits per heavy atom. The van der Waals surface area contributed by atoms with Crippen molar-refractivity contribution in [3.05, 3.63) is 23.9 Å². The van der Waals surface area contributed by atoms with E-state index in [1.165, 1.54) is 5.56 Å². The molecule has 0 spiro atoms. The number of aliphatic hydroxyl groups is 1. The first-order valence-electron chi connectivity index (χ1n) is 5.06. The van der Waals surface area contributed by atoms with Crippen molar-refractivity contribution in [3.63, 3.8) is 0 Å². The lowest BCUT2D eigenvalue weighted by Crippen LogP contribution is -2.15. The minimum absolute atomic E-state index is 0.260. The highest BCUT2D eigenvalue weighted by atomic mass is 32.2. The van der Waals surface area contributed by atoms with Crippen molar-refractivity contribution in [2.24, 2.45) is 0 Å². The molecule has 0 aliphatic heterocycles. The Kier molecular flexibility index (Phi) is 4.91. The van der Waals surface area contributed by atoms with E-state index < -0.39 is 0 Å². The summed E-state index contributed by atoms with van der Waals surface area (Å²) in [6.07, 6.45) is 1.54. The van der Waals surface area contributed by atoms with Crippen molar-refractivity contribution < 1.29 is 5.11 Å². The minimum atomic E-state index is -0.263. The molecule has 0 fully saturated rings. The van der Waals surface area contributed by atoms with Gasteiger partial charge >= 0.3 is 0 Å². The van der Waals surface area contributed by atoms with Crippen molar-refractivity contribution in [1.29, 1.82) is 0 Å². The number of rotatable bonds is 5. The van der Waals surface area contributed by atoms with Crippen molar-refractivity contribution in [2.75, 3.05) is 12.4 Å². The van der Waals surface area contributed by atoms with Crippen LogP contribution in [0.25, 0.3) is 0 Å². The molecular formula is C11H18N2OS. The van der Waals surface area contributed by atoms with Crippen molar-refractivity contribution in [3.8, 4) is 0 Å². The van der Waals surface area contributed by atoms with Crippen molar-refractivity contribution in [2.45, 2.75) is 31.0 Å². The summed E-state index contributed by atoms with van der Waals surface area (Å²) in [5.74, 6) is 1.79. The maximum Gasteiger partial charge on any atom is 0.125 e. The number of hydrogen-bond acceptors (Lipinski definition) is 4. The number of thioether (sulfide) groups is 1. The molecule has 1 aromatic rings. The lowest BCUT2D eigenvalue weighted by Gasteiger charge is -2.14. The smallest absolute Gasteiger partial charge is 0.125 e. The quantitative estimate of drug-likeness (QED) is 0.807. The van der Waals surface area contributed by atoms with Gasteiger partial charge < -0.3 is 10.4 Å². The number of anilines is 1. The Bertz CT molecular complexity index is 304. The maximum absolute atomic E-state index is 9.35. The second-order valence-corrected chi connectivity index (χ2v) is 4.92. The molecule has 0 amide bonds. The van der Waals surface area contributed by atoms with E-state index in [0.717, 1.165) is 11.6 Å². The van der Waals surface area contributed by atoms with Gasteiger partial charge in [0.25, 0.3) is 0 Å². The van der Waals surface area contributed by atoms with Crippen LogP contribution in [0.3, 0.4) is 0 Å². The molecule has 84 valence electrons. The highest BCUT2D eigenvalue weighted by molar-refractivity contribution is 7.99. The first-order chi connectivity index (χ1) is 7.13. The van der Waals surface area contributed by atoms with Crippen LogP contribution in [-0.2, 0) is 5.75 Å². The first-order valence-corrected chi connectivity index (χ1v) is 6.10. The van der Waals surface area contributed by atoms with E-state index >= 15 is 0 Å². The molecule has 0 aliphatic carbocycles. The van der Waals surface area contributed by atoms with Crippen LogP contribution < -0.4 is 5.32 Å². The van der Waals surface area contributed by atoms with Crippen molar-refractivity contribution in [1.82, 2.24) is 4.98 Å². The van der Waals surface area contributed by atoms with E-state index in [1.54, 1.807) is 18.0 Å². The Balaban J connectivity index is 2.50. The van der Waals surface area contributed by atoms with Crippen LogP contribution in [0, 0.1) is 0 Å². The van der Waals surface area contributed by atoms with Crippen LogP contribution in [0.1, 0.15) is 19.4 Å². The van der Waals surface area contributed by atoms with E-state index in [0.29, 0.717) is 0 Å². The van der Waals surface area contributed by atoms with Gasteiger partial charge in [-0.15, -0.1) is 0 Å². The van der Waals surface area contributed by atoms with Gasteiger partial charge in [-0.2, -0.15) is 11.8 Å². The molecule has 2 unspecified atom stereocenters. The van der Waals surface area contributed by atoms with E-state index in [4.69, 9.17) is 0 Å². The topological polar surface area (TPSA) is 45.1 Å². The van der Waals surface area contributed by atoms with Gasteiger partial charge in [-0.1, -0.05) is 6.92 Å². The number of aromatic nitrogens is 1. The van der Waals surface area contributed by atoms with Gasteiger partial charge in [0.05, 0.1) is 6.10 Å². The predicted octanol–water partition coefficient (Wildman–Crippen LogP) is 2.13. The predicted molar refractivity (Wildman–Crippen MR) is 66.2 cm³/mol. The lowest BCUT2D eigenvalue weighted by molar-refractivity contribution is 0.196. The number of nitrogens with zero attached hydrogens (tertiary/aromatic N) is 1. The number of hydrogen-bond donors (Lipinski definition) is 2. The van der Waals surface area contributed by atoms with Gasteiger partial charge in [0.1, 0.15) is 5.82 Å². The summed E-state index contributed by atoms with van der Waals surface area (Å²) in [4.78, 5) is 4.15. The SMILES string of the molecule is CNc1cc(CSC(C)C(C)O)ccn1. The van der Waals surface area contributed by atoms with Gasteiger partial charge in [0.2, 0.25) is 0 Å². The van der Waals surface area contributed by atoms with E-state index in [1.807, 2.05) is 33.0 Å². The molecule has 0 saturated carbocycles. The Morgan fingerprint density at radius 3 is 2.87 bits per heavy atom. The van der Waals surface area contributed by atoms with Gasteiger partial charge in [-0.25, -0.2) is 4.98 Å². The molecule has 1 rings (SSSR count). The molecule has 0 saturated heterocycles. The molecule has 0 aromatic carbocycles. The van der Waals surface area contributed by atoms with Crippen LogP contribution in [0.2, 0.25) is 0 Å². The highest BCUT2D eigenvalue weighted by Crippen LogP contribution is 2.20. The standard InChI is InChI=1S/C11H18N2OS/c1-8(14)9(2)15-7-10-4-5-13-11(6-10)12-3/h4-6,8-9,14H,7H2,1-3H3,(H,12,13). The second kappa shape index (κ2) is 5.98. The molecule has 2 atom stereocenters. The monoisotopic (exact) mass is 226 g/mol. The zero-order chi connectivity index (χ0) is 11.3. The molecule has 15 heavy (non-hydrogen) atoms. The molecule has 1 aromatic heterocycles. The highest BCUT2D eigenvalue weighted by Gasteiger charge is 2.09. The molecule has 0 radical (unpaired) electrons. The fourth-order valence-electron chi connectivity index (χ4n) is 1.07. The Labute approximate surface area is 95.3 Å². The van der Waals surface area contributed by atoms with Crippen LogP contribution in [0.5, 0.6) is 0 Å². The zero-order valence-corrected chi connectivity index (χ0v) is 10.2. The number of pyridine rings is 1. The average molecular weight is 226 g/mol. The van der Waals surface area contributed by atoms with Crippen molar-refractivity contribution >= 4 is 17.6 Å². The van der Waals surface area contributed by atoms with Crippen LogP contribution in [-0.4, -0.2) is 28.5 Å². The fraction of sp³-hybridized carbons (Fsp3) is 0.545. The van der Waals surface area contributed by atoms with Gasteiger partial charge in [-0.05, 0) is 24.6 Å². The summed E-state index contributed by atoms with van der Waals surface area (Å²) < 4.78 is 0. The van der Waals surface area contributed by atoms with Crippen LogP contribution in [0.4, 0.5) is 5.82 Å². The lowest BCUT2D eigenvalue weighted by atomic mass is 10.3. The third-order valence-electron chi connectivity index (χ3n) is 2.27. The summed E-state index contributed by atoms with van der Waals surface area (Å²) in [5.41, 5.74) is 1.23. The molecule has 3 nitrogen and oxygen atoms in total. The molecule has 0 bridgehead atoms. The van der Waals surface area contributed by atoms with Crippen LogP contribution in [0.15, 0.2) is 18.3 Å². The Hall–Kier alpha value is -0.740. The summed E-state index contributed by atoms with van der Waals surface area (Å²) >= 11 is 1.75. The summed E-state index contributed by atoms with van der Waals surface area (Å²) in [6, 6.07) is 4.03. The average Bonchev–Trinajstić information content (AvgIpc) is 2.26. The number of nitrogens with one attached hydrogen (secondary N) is 1. The zero-order valence-electron chi connectivity index (χ0n) is 9.40. The normalized spacial score (nSPS) is 14.7. The van der Waals surface area contributed by atoms with E-state index in [9.17, 15) is 5.11 Å². The first kappa shape index (κ1) is 12.3. The van der Waals surface area contributed by atoms with Gasteiger partial charge in [0.15, 0.2) is 0 Å². The molecule has 0 aliphatic rings. The summed E-state index contributed by atoms with van der Waals surface area (Å²) in [6.45, 7) is 3.86. The third-order valence-corrected chi connectivity index (χ3v) is 3.69. The van der Waals surface area contributed by atoms with Crippen LogP contribution >= 0.6 is 11.8 Å². The minimum Gasteiger partial charge on any atom is -0.392 e. The third kappa shape index (κ3) is 4.10. The number of aliphatic hydroxyl groups excluding tert-OH is 1. The van der Waals surface area contributed by atoms with E-state index in [-0.39, 0.29) is 11.4 Å². The molecular weight excluding hydrogens is 208 g/mol. The molecule has 2 N–H and O–H groups in total. The van der Waals surface area contributed by atoms with E-state index in [2.05, 4.69) is 10.3 Å². The largest absolute Gasteiger partial charge is 0.392 e. The van der Waals surface area contributed by atoms with Gasteiger partial charge in [-0.3, -0.25) is 0 Å². The fourth-order valence-corrected chi connectivity index (χ4v) is 1.98. The second-order valence-electron chi connectivity index (χ2n) is 3.56.